The molecule has 162 valence electrons. The maximum absolute atomic E-state index is 12.9. The number of carbonyl (C=O) groups is 2. The van der Waals surface area contributed by atoms with Crippen molar-refractivity contribution >= 4 is 39.8 Å². The fourth-order valence-electron chi connectivity index (χ4n) is 3.52. The first kappa shape index (κ1) is 22.6. The van der Waals surface area contributed by atoms with Crippen molar-refractivity contribution in [2.24, 2.45) is 5.92 Å². The number of anilines is 1. The second-order valence-electron chi connectivity index (χ2n) is 7.85. The monoisotopic (exact) mass is 449 g/mol. The number of fused-ring (bicyclic) bond motifs is 1. The molecule has 30 heavy (non-hydrogen) atoms. The Morgan fingerprint density at radius 2 is 2.13 bits per heavy atom. The predicted octanol–water partition coefficient (Wildman–Crippen LogP) is 5.81. The van der Waals surface area contributed by atoms with E-state index >= 15 is 0 Å². The smallest absolute Gasteiger partial charge is 0.341 e. The molecule has 0 aliphatic heterocycles. The van der Waals surface area contributed by atoms with E-state index in [2.05, 4.69) is 12.2 Å². The van der Waals surface area contributed by atoms with Crippen molar-refractivity contribution < 1.29 is 19.1 Å². The summed E-state index contributed by atoms with van der Waals surface area (Å²) in [5.74, 6) is 0.500. The minimum absolute atomic E-state index is 0.305. The van der Waals surface area contributed by atoms with Gasteiger partial charge < -0.3 is 14.8 Å². The fraction of sp³-hybridized carbons (Fsp3) is 0.478. The molecule has 0 spiro atoms. The molecule has 1 aliphatic carbocycles. The minimum atomic E-state index is -0.734. The Bertz CT molecular complexity index is 940. The van der Waals surface area contributed by atoms with Gasteiger partial charge in [0, 0.05) is 9.90 Å². The molecule has 1 aromatic heterocycles. The summed E-state index contributed by atoms with van der Waals surface area (Å²) in [5.41, 5.74) is 2.39. The Labute approximate surface area is 186 Å². The lowest BCUT2D eigenvalue weighted by atomic mass is 9.88. The molecule has 1 amide bonds. The molecular weight excluding hydrogens is 422 g/mol. The molecule has 1 aliphatic rings. The van der Waals surface area contributed by atoms with E-state index < -0.39 is 6.10 Å². The van der Waals surface area contributed by atoms with Gasteiger partial charge in [-0.05, 0) is 74.8 Å². The molecule has 0 saturated carbocycles. The van der Waals surface area contributed by atoms with Crippen LogP contribution in [0.3, 0.4) is 0 Å². The normalized spacial score (nSPS) is 16.5. The van der Waals surface area contributed by atoms with Gasteiger partial charge in [0.05, 0.1) is 12.2 Å². The van der Waals surface area contributed by atoms with E-state index in [9.17, 15) is 9.59 Å². The summed E-state index contributed by atoms with van der Waals surface area (Å²) in [6.45, 7) is 8.09. The number of hydrogen-bond acceptors (Lipinski definition) is 5. The first-order valence-corrected chi connectivity index (χ1v) is 11.5. The van der Waals surface area contributed by atoms with Crippen LogP contribution in [0.15, 0.2) is 18.2 Å². The fourth-order valence-corrected chi connectivity index (χ4v) is 5.15. The standard InChI is InChI=1S/C23H28ClNO4S/c1-5-10-28-23(27)20-17-8-6-13(2)11-19(17)30-22(20)25-21(26)15(4)29-18-9-7-16(24)12-14(18)3/h7,9,12-13,15H,5-6,8,10-11H2,1-4H3,(H,25,26)/t13-,15+/m1/s1. The van der Waals surface area contributed by atoms with Gasteiger partial charge in [-0.15, -0.1) is 11.3 Å². The highest BCUT2D eigenvalue weighted by Gasteiger charge is 2.30. The van der Waals surface area contributed by atoms with E-state index in [-0.39, 0.29) is 11.9 Å². The molecule has 1 aromatic carbocycles. The Hall–Kier alpha value is -2.05. The summed E-state index contributed by atoms with van der Waals surface area (Å²) < 4.78 is 11.2. The van der Waals surface area contributed by atoms with E-state index in [1.807, 2.05) is 13.8 Å². The van der Waals surface area contributed by atoms with E-state index in [1.54, 1.807) is 25.1 Å². The predicted molar refractivity (Wildman–Crippen MR) is 121 cm³/mol. The lowest BCUT2D eigenvalue weighted by Crippen LogP contribution is -2.30. The molecule has 0 radical (unpaired) electrons. The number of amides is 1. The second-order valence-corrected chi connectivity index (χ2v) is 9.39. The lowest BCUT2D eigenvalue weighted by molar-refractivity contribution is -0.122. The number of hydrogen-bond donors (Lipinski definition) is 1. The maximum atomic E-state index is 12.9. The van der Waals surface area contributed by atoms with Gasteiger partial charge >= 0.3 is 5.97 Å². The molecule has 3 rings (SSSR count). The molecule has 0 saturated heterocycles. The van der Waals surface area contributed by atoms with Crippen LogP contribution in [-0.4, -0.2) is 24.6 Å². The van der Waals surface area contributed by atoms with Crippen molar-refractivity contribution in [1.82, 2.24) is 0 Å². The van der Waals surface area contributed by atoms with Crippen LogP contribution >= 0.6 is 22.9 Å². The Morgan fingerprint density at radius 3 is 2.83 bits per heavy atom. The zero-order chi connectivity index (χ0) is 21.8. The molecule has 0 fully saturated rings. The van der Waals surface area contributed by atoms with Crippen LogP contribution in [0.2, 0.25) is 5.02 Å². The summed E-state index contributed by atoms with van der Waals surface area (Å²) in [6.07, 6.45) is 2.79. The molecular formula is C23H28ClNO4S. The number of aryl methyl sites for hydroxylation is 1. The summed E-state index contributed by atoms with van der Waals surface area (Å²) in [4.78, 5) is 26.8. The van der Waals surface area contributed by atoms with E-state index in [0.717, 1.165) is 41.7 Å². The zero-order valence-corrected chi connectivity index (χ0v) is 19.4. The average Bonchev–Trinajstić information content (AvgIpc) is 3.04. The molecule has 1 heterocycles. The van der Waals surface area contributed by atoms with E-state index in [1.165, 1.54) is 11.3 Å². The van der Waals surface area contributed by atoms with Crippen LogP contribution < -0.4 is 10.1 Å². The van der Waals surface area contributed by atoms with Crippen molar-refractivity contribution in [3.63, 3.8) is 0 Å². The molecule has 2 aromatic rings. The summed E-state index contributed by atoms with van der Waals surface area (Å²) in [7, 11) is 0. The van der Waals surface area contributed by atoms with Gasteiger partial charge in [-0.2, -0.15) is 0 Å². The molecule has 7 heteroatoms. The number of benzene rings is 1. The summed E-state index contributed by atoms with van der Waals surface area (Å²) >= 11 is 7.47. The van der Waals surface area contributed by atoms with Crippen molar-refractivity contribution in [3.8, 4) is 5.75 Å². The maximum Gasteiger partial charge on any atom is 0.341 e. The largest absolute Gasteiger partial charge is 0.481 e. The average molecular weight is 450 g/mol. The Kier molecular flexibility index (Phi) is 7.42. The zero-order valence-electron chi connectivity index (χ0n) is 17.8. The van der Waals surface area contributed by atoms with Crippen molar-refractivity contribution in [3.05, 3.63) is 44.8 Å². The number of thiophene rings is 1. The number of ether oxygens (including phenoxy) is 2. The van der Waals surface area contributed by atoms with Gasteiger partial charge in [-0.1, -0.05) is 25.4 Å². The Morgan fingerprint density at radius 1 is 1.37 bits per heavy atom. The summed E-state index contributed by atoms with van der Waals surface area (Å²) in [5, 5.41) is 4.09. The van der Waals surface area contributed by atoms with Crippen LogP contribution in [0.25, 0.3) is 0 Å². The van der Waals surface area contributed by atoms with Gasteiger partial charge in [0.2, 0.25) is 0 Å². The van der Waals surface area contributed by atoms with Crippen LogP contribution in [-0.2, 0) is 22.4 Å². The third-order valence-electron chi connectivity index (χ3n) is 5.20. The molecule has 0 bridgehead atoms. The molecule has 0 unspecified atom stereocenters. The second kappa shape index (κ2) is 9.84. The van der Waals surface area contributed by atoms with Gasteiger partial charge in [-0.3, -0.25) is 4.79 Å². The third kappa shape index (κ3) is 5.16. The van der Waals surface area contributed by atoms with Crippen molar-refractivity contribution in [1.29, 1.82) is 0 Å². The Balaban J connectivity index is 1.80. The summed E-state index contributed by atoms with van der Waals surface area (Å²) in [6, 6.07) is 5.27. The third-order valence-corrected chi connectivity index (χ3v) is 6.60. The van der Waals surface area contributed by atoms with Crippen LogP contribution in [0.1, 0.15) is 60.0 Å². The molecule has 2 atom stereocenters. The number of carbonyl (C=O) groups excluding carboxylic acids is 2. The van der Waals surface area contributed by atoms with Crippen molar-refractivity contribution in [2.75, 3.05) is 11.9 Å². The first-order valence-electron chi connectivity index (χ1n) is 10.4. The van der Waals surface area contributed by atoms with Gasteiger partial charge in [-0.25, -0.2) is 4.79 Å². The van der Waals surface area contributed by atoms with Gasteiger partial charge in [0.25, 0.3) is 5.91 Å². The number of halogens is 1. The quantitative estimate of drug-likeness (QED) is 0.542. The van der Waals surface area contributed by atoms with E-state index in [4.69, 9.17) is 21.1 Å². The van der Waals surface area contributed by atoms with Gasteiger partial charge in [0.1, 0.15) is 10.8 Å². The highest BCUT2D eigenvalue weighted by molar-refractivity contribution is 7.17. The minimum Gasteiger partial charge on any atom is -0.481 e. The lowest BCUT2D eigenvalue weighted by Gasteiger charge is -2.18. The van der Waals surface area contributed by atoms with Crippen LogP contribution in [0.4, 0.5) is 5.00 Å². The number of nitrogens with one attached hydrogen (secondary N) is 1. The van der Waals surface area contributed by atoms with E-state index in [0.29, 0.717) is 33.9 Å². The SMILES string of the molecule is CCCOC(=O)c1c(NC(=O)[C@H](C)Oc2ccc(Cl)cc2C)sc2c1CC[C@@H](C)C2. The van der Waals surface area contributed by atoms with Crippen molar-refractivity contribution in [2.45, 2.75) is 59.5 Å². The number of esters is 1. The highest BCUT2D eigenvalue weighted by Crippen LogP contribution is 2.40. The van der Waals surface area contributed by atoms with Crippen LogP contribution in [0, 0.1) is 12.8 Å². The topological polar surface area (TPSA) is 64.6 Å². The number of rotatable bonds is 7. The highest BCUT2D eigenvalue weighted by atomic mass is 35.5. The van der Waals surface area contributed by atoms with Crippen LogP contribution in [0.5, 0.6) is 5.75 Å². The first-order chi connectivity index (χ1) is 14.3. The molecule has 1 N–H and O–H groups in total. The molecule has 5 nitrogen and oxygen atoms in total. The van der Waals surface area contributed by atoms with Gasteiger partial charge in [0.15, 0.2) is 6.10 Å².